The number of esters is 2. The number of para-hydroxylation sites is 2. The van der Waals surface area contributed by atoms with Gasteiger partial charge in [-0.3, -0.25) is 0 Å². The quantitative estimate of drug-likeness (QED) is 0.0805. The highest BCUT2D eigenvalue weighted by atomic mass is 16.5. The molecule has 0 aromatic heterocycles. The number of methoxy groups -OCH3 is 2. The molecule has 0 atom stereocenters. The molecule has 0 aliphatic heterocycles. The summed E-state index contributed by atoms with van der Waals surface area (Å²) in [4.78, 5) is 26.6. The number of carbonyl (C=O) groups is 2. The number of ether oxygens (including phenoxy) is 4. The van der Waals surface area contributed by atoms with Crippen molar-refractivity contribution in [2.75, 3.05) is 14.2 Å². The molecular weight excluding hydrogens is 576 g/mol. The molecule has 0 aliphatic carbocycles. The number of carbonyl (C=O) groups excluding carboxylic acids is 2. The molecule has 0 spiro atoms. The number of hydrogen-bond donors (Lipinski definition) is 0. The molecule has 0 bridgehead atoms. The Kier molecular flexibility index (Phi) is 10.8. The molecule has 5 aromatic rings. The molecule has 0 fully saturated rings. The van der Waals surface area contributed by atoms with Crippen LogP contribution < -0.4 is 9.47 Å². The molecule has 0 amide bonds. The second kappa shape index (κ2) is 15.7. The topological polar surface area (TPSA) is 71.1 Å². The Morgan fingerprint density at radius 3 is 1.20 bits per heavy atom. The van der Waals surface area contributed by atoms with E-state index in [1.807, 2.05) is 133 Å². The fourth-order valence-corrected chi connectivity index (χ4v) is 4.82. The Balaban J connectivity index is 1.25. The number of hydrogen-bond acceptors (Lipinski definition) is 6. The standard InChI is InChI=1S/C40H34O6/c1-43-37-19-11-9-17-33(37)25-35(31-13-5-3-6-14-31)39(41)45-27-29-21-23-30(24-22-29)28-46-40(42)36(32-15-7-4-8-16-32)26-34-18-10-12-20-38(34)44-2/h3-26H,27-28H2,1-2H3/b35-25-,36-26+. The third-order valence-electron chi connectivity index (χ3n) is 7.25. The first kappa shape index (κ1) is 31.5. The van der Waals surface area contributed by atoms with Gasteiger partial charge in [-0.25, -0.2) is 9.59 Å². The highest BCUT2D eigenvalue weighted by Gasteiger charge is 2.17. The fraction of sp³-hybridized carbons (Fsp3) is 0.100. The van der Waals surface area contributed by atoms with Crippen LogP contribution in [0.3, 0.4) is 0 Å². The molecule has 6 nitrogen and oxygen atoms in total. The summed E-state index contributed by atoms with van der Waals surface area (Å²) < 4.78 is 22.4. The molecule has 230 valence electrons. The normalized spacial score (nSPS) is 11.4. The first-order chi connectivity index (χ1) is 22.6. The first-order valence-electron chi connectivity index (χ1n) is 14.8. The van der Waals surface area contributed by atoms with Crippen molar-refractivity contribution in [2.45, 2.75) is 13.2 Å². The predicted molar refractivity (Wildman–Crippen MR) is 181 cm³/mol. The summed E-state index contributed by atoms with van der Waals surface area (Å²) in [6, 6.07) is 41.2. The molecule has 5 rings (SSSR count). The van der Waals surface area contributed by atoms with Crippen LogP contribution in [0.5, 0.6) is 11.5 Å². The van der Waals surface area contributed by atoms with Crippen LogP contribution in [0, 0.1) is 0 Å². The predicted octanol–water partition coefficient (Wildman–Crippen LogP) is 8.27. The van der Waals surface area contributed by atoms with Gasteiger partial charge in [0.05, 0.1) is 25.4 Å². The van der Waals surface area contributed by atoms with E-state index in [0.717, 1.165) is 33.4 Å². The van der Waals surface area contributed by atoms with Crippen molar-refractivity contribution >= 4 is 35.2 Å². The second-order valence-corrected chi connectivity index (χ2v) is 10.3. The lowest BCUT2D eigenvalue weighted by Gasteiger charge is -2.12. The molecule has 0 radical (unpaired) electrons. The Morgan fingerprint density at radius 2 is 0.826 bits per heavy atom. The smallest absolute Gasteiger partial charge is 0.339 e. The average Bonchev–Trinajstić information content (AvgIpc) is 3.12. The van der Waals surface area contributed by atoms with Gasteiger partial charge < -0.3 is 18.9 Å². The van der Waals surface area contributed by atoms with Crippen LogP contribution in [0.1, 0.15) is 33.4 Å². The van der Waals surface area contributed by atoms with Crippen LogP contribution in [-0.2, 0) is 32.3 Å². The Bertz CT molecular complexity index is 1690. The minimum absolute atomic E-state index is 0.0782. The molecule has 6 heteroatoms. The highest BCUT2D eigenvalue weighted by Crippen LogP contribution is 2.27. The molecule has 0 unspecified atom stereocenters. The van der Waals surface area contributed by atoms with E-state index in [-0.39, 0.29) is 13.2 Å². The third-order valence-corrected chi connectivity index (χ3v) is 7.25. The van der Waals surface area contributed by atoms with Gasteiger partial charge in [0.25, 0.3) is 0 Å². The van der Waals surface area contributed by atoms with E-state index in [2.05, 4.69) is 0 Å². The van der Waals surface area contributed by atoms with Gasteiger partial charge in [-0.2, -0.15) is 0 Å². The minimum atomic E-state index is -0.453. The summed E-state index contributed by atoms with van der Waals surface area (Å²) in [6.07, 6.45) is 3.56. The molecule has 46 heavy (non-hydrogen) atoms. The van der Waals surface area contributed by atoms with Crippen molar-refractivity contribution in [3.05, 3.63) is 167 Å². The van der Waals surface area contributed by atoms with Crippen molar-refractivity contribution in [2.24, 2.45) is 0 Å². The van der Waals surface area contributed by atoms with E-state index in [1.165, 1.54) is 0 Å². The third kappa shape index (κ3) is 8.18. The maximum absolute atomic E-state index is 13.3. The van der Waals surface area contributed by atoms with E-state index < -0.39 is 11.9 Å². The first-order valence-corrected chi connectivity index (χ1v) is 14.8. The average molecular weight is 611 g/mol. The van der Waals surface area contributed by atoms with Crippen molar-refractivity contribution in [1.29, 1.82) is 0 Å². The van der Waals surface area contributed by atoms with Crippen molar-refractivity contribution < 1.29 is 28.5 Å². The van der Waals surface area contributed by atoms with Gasteiger partial charge in [0.2, 0.25) is 0 Å². The van der Waals surface area contributed by atoms with E-state index >= 15 is 0 Å². The molecule has 0 aliphatic rings. The van der Waals surface area contributed by atoms with Gasteiger partial charge in [0.1, 0.15) is 24.7 Å². The summed E-state index contributed by atoms with van der Waals surface area (Å²) in [7, 11) is 3.19. The van der Waals surface area contributed by atoms with Gasteiger partial charge in [-0.05, 0) is 46.5 Å². The van der Waals surface area contributed by atoms with E-state index in [9.17, 15) is 9.59 Å². The zero-order chi connectivity index (χ0) is 32.1. The summed E-state index contributed by atoms with van der Waals surface area (Å²) in [6.45, 7) is 0.156. The maximum Gasteiger partial charge on any atom is 0.339 e. The van der Waals surface area contributed by atoms with Gasteiger partial charge >= 0.3 is 11.9 Å². The van der Waals surface area contributed by atoms with Gasteiger partial charge in [0, 0.05) is 11.1 Å². The fourth-order valence-electron chi connectivity index (χ4n) is 4.82. The number of benzene rings is 5. The van der Waals surface area contributed by atoms with Crippen LogP contribution in [-0.4, -0.2) is 26.2 Å². The Labute approximate surface area is 269 Å². The van der Waals surface area contributed by atoms with Crippen LogP contribution in [0.15, 0.2) is 133 Å². The zero-order valence-electron chi connectivity index (χ0n) is 25.7. The van der Waals surface area contributed by atoms with Crippen molar-refractivity contribution in [3.63, 3.8) is 0 Å². The van der Waals surface area contributed by atoms with Crippen LogP contribution in [0.2, 0.25) is 0 Å². The maximum atomic E-state index is 13.3. The Morgan fingerprint density at radius 1 is 0.478 bits per heavy atom. The molecule has 5 aromatic carbocycles. The highest BCUT2D eigenvalue weighted by molar-refractivity contribution is 6.22. The van der Waals surface area contributed by atoms with Gasteiger partial charge in [0.15, 0.2) is 0 Å². The summed E-state index contributed by atoms with van der Waals surface area (Å²) in [5.74, 6) is 0.410. The molecular formula is C40H34O6. The van der Waals surface area contributed by atoms with Gasteiger partial charge in [-0.1, -0.05) is 121 Å². The van der Waals surface area contributed by atoms with Crippen molar-refractivity contribution in [1.82, 2.24) is 0 Å². The van der Waals surface area contributed by atoms with Gasteiger partial charge in [-0.15, -0.1) is 0 Å². The van der Waals surface area contributed by atoms with Crippen LogP contribution in [0.25, 0.3) is 23.3 Å². The molecule has 0 saturated heterocycles. The largest absolute Gasteiger partial charge is 0.496 e. The minimum Gasteiger partial charge on any atom is -0.496 e. The molecule has 0 N–H and O–H groups in total. The van der Waals surface area contributed by atoms with E-state index in [0.29, 0.717) is 22.6 Å². The van der Waals surface area contributed by atoms with Crippen LogP contribution >= 0.6 is 0 Å². The summed E-state index contributed by atoms with van der Waals surface area (Å²) >= 11 is 0. The van der Waals surface area contributed by atoms with Crippen molar-refractivity contribution in [3.8, 4) is 11.5 Å². The number of rotatable bonds is 12. The summed E-state index contributed by atoms with van der Waals surface area (Å²) in [5.41, 5.74) is 5.47. The zero-order valence-corrected chi connectivity index (χ0v) is 25.7. The molecule has 0 heterocycles. The summed E-state index contributed by atoms with van der Waals surface area (Å²) in [5, 5.41) is 0. The van der Waals surface area contributed by atoms with E-state index in [1.54, 1.807) is 26.4 Å². The lowest BCUT2D eigenvalue weighted by atomic mass is 10.0. The monoisotopic (exact) mass is 610 g/mol. The van der Waals surface area contributed by atoms with E-state index in [4.69, 9.17) is 18.9 Å². The Hall–Kier alpha value is -5.88. The lowest BCUT2D eigenvalue weighted by molar-refractivity contribution is -0.138. The second-order valence-electron chi connectivity index (χ2n) is 10.3. The SMILES string of the molecule is COc1ccccc1/C=C(\C(=O)OCc1ccc(COC(=O)/C(=C/c2ccccc2OC)c2ccccc2)cc1)c1ccccc1. The lowest BCUT2D eigenvalue weighted by Crippen LogP contribution is -2.08. The molecule has 0 saturated carbocycles. The van der Waals surface area contributed by atoms with Crippen LogP contribution in [0.4, 0.5) is 0 Å².